The van der Waals surface area contributed by atoms with Gasteiger partial charge in [-0.25, -0.2) is 0 Å². The van der Waals surface area contributed by atoms with Crippen molar-refractivity contribution in [2.45, 2.75) is 13.5 Å². The number of carbonyl (C=O) groups excluding carboxylic acids is 2. The van der Waals surface area contributed by atoms with Gasteiger partial charge in [-0.15, -0.1) is 0 Å². The highest BCUT2D eigenvalue weighted by Gasteiger charge is 2.14. The van der Waals surface area contributed by atoms with E-state index in [9.17, 15) is 9.59 Å². The average Bonchev–Trinajstić information content (AvgIpc) is 2.49. The van der Waals surface area contributed by atoms with E-state index in [1.165, 1.54) is 0 Å². The molecule has 0 atom stereocenters. The quantitative estimate of drug-likeness (QED) is 0.842. The Bertz CT molecular complexity index is 717. The number of carbonyl (C=O) groups is 2. The van der Waals surface area contributed by atoms with Gasteiger partial charge in [0, 0.05) is 22.3 Å². The SMILES string of the molecule is Cc1cc(Cl)ccc1NC(=O)C(=O)NCc1ccccc1Cl. The van der Waals surface area contributed by atoms with Crippen molar-refractivity contribution < 1.29 is 9.59 Å². The zero-order valence-electron chi connectivity index (χ0n) is 11.8. The van der Waals surface area contributed by atoms with E-state index in [1.807, 2.05) is 6.07 Å². The summed E-state index contributed by atoms with van der Waals surface area (Å²) in [5, 5.41) is 6.18. The number of hydrogen-bond acceptors (Lipinski definition) is 2. The van der Waals surface area contributed by atoms with Crippen LogP contribution in [-0.2, 0) is 16.1 Å². The molecule has 0 heterocycles. The van der Waals surface area contributed by atoms with Gasteiger partial charge in [0.1, 0.15) is 0 Å². The van der Waals surface area contributed by atoms with Gasteiger partial charge in [-0.3, -0.25) is 9.59 Å². The van der Waals surface area contributed by atoms with Gasteiger partial charge in [-0.2, -0.15) is 0 Å². The van der Waals surface area contributed by atoms with Crippen LogP contribution in [0.1, 0.15) is 11.1 Å². The fraction of sp³-hybridized carbons (Fsp3) is 0.125. The van der Waals surface area contributed by atoms with Crippen LogP contribution in [0.2, 0.25) is 10.0 Å². The Labute approximate surface area is 138 Å². The predicted molar refractivity (Wildman–Crippen MR) is 88.1 cm³/mol. The Morgan fingerprint density at radius 3 is 2.45 bits per heavy atom. The van der Waals surface area contributed by atoms with Gasteiger partial charge < -0.3 is 10.6 Å². The van der Waals surface area contributed by atoms with Crippen molar-refractivity contribution in [2.75, 3.05) is 5.32 Å². The van der Waals surface area contributed by atoms with E-state index in [2.05, 4.69) is 10.6 Å². The van der Waals surface area contributed by atoms with Gasteiger partial charge in [-0.05, 0) is 42.3 Å². The molecule has 0 spiro atoms. The number of hydrogen-bond donors (Lipinski definition) is 2. The van der Waals surface area contributed by atoms with Crippen LogP contribution in [-0.4, -0.2) is 11.8 Å². The summed E-state index contributed by atoms with van der Waals surface area (Å²) in [6.07, 6.45) is 0. The first-order valence-electron chi connectivity index (χ1n) is 6.56. The van der Waals surface area contributed by atoms with Crippen LogP contribution in [0.3, 0.4) is 0 Å². The molecule has 2 aromatic carbocycles. The Hall–Kier alpha value is -2.04. The zero-order chi connectivity index (χ0) is 16.1. The second-order valence-corrected chi connectivity index (χ2v) is 5.53. The summed E-state index contributed by atoms with van der Waals surface area (Å²) in [5.74, 6) is -1.47. The summed E-state index contributed by atoms with van der Waals surface area (Å²) in [5.41, 5.74) is 2.06. The summed E-state index contributed by atoms with van der Waals surface area (Å²) in [4.78, 5) is 23.7. The normalized spacial score (nSPS) is 10.1. The van der Waals surface area contributed by atoms with Crippen LogP contribution in [0.4, 0.5) is 5.69 Å². The summed E-state index contributed by atoms with van der Waals surface area (Å²) in [7, 11) is 0. The van der Waals surface area contributed by atoms with Gasteiger partial charge in [0.05, 0.1) is 0 Å². The molecular formula is C16H14Cl2N2O2. The molecule has 0 unspecified atom stereocenters. The van der Waals surface area contributed by atoms with Gasteiger partial charge in [0.15, 0.2) is 0 Å². The molecule has 114 valence electrons. The Morgan fingerprint density at radius 2 is 1.77 bits per heavy atom. The molecule has 4 nitrogen and oxygen atoms in total. The lowest BCUT2D eigenvalue weighted by molar-refractivity contribution is -0.136. The molecule has 0 bridgehead atoms. The first kappa shape index (κ1) is 16.3. The number of benzene rings is 2. The molecule has 0 aliphatic carbocycles. The van der Waals surface area contributed by atoms with Crippen LogP contribution < -0.4 is 10.6 Å². The van der Waals surface area contributed by atoms with Crippen molar-refractivity contribution in [3.8, 4) is 0 Å². The molecule has 2 N–H and O–H groups in total. The van der Waals surface area contributed by atoms with E-state index in [4.69, 9.17) is 23.2 Å². The molecule has 2 rings (SSSR count). The number of rotatable bonds is 3. The maximum absolute atomic E-state index is 11.9. The Kier molecular flexibility index (Phi) is 5.41. The Morgan fingerprint density at radius 1 is 1.05 bits per heavy atom. The lowest BCUT2D eigenvalue weighted by Gasteiger charge is -2.09. The average molecular weight is 337 g/mol. The molecule has 2 aromatic rings. The van der Waals surface area contributed by atoms with Crippen LogP contribution in [0, 0.1) is 6.92 Å². The fourth-order valence-corrected chi connectivity index (χ4v) is 2.27. The minimum Gasteiger partial charge on any atom is -0.344 e. The number of halogens is 2. The second kappa shape index (κ2) is 7.29. The van der Waals surface area contributed by atoms with Crippen LogP contribution in [0.5, 0.6) is 0 Å². The van der Waals surface area contributed by atoms with Crippen LogP contribution in [0.25, 0.3) is 0 Å². The summed E-state index contributed by atoms with van der Waals surface area (Å²) < 4.78 is 0. The first-order chi connectivity index (χ1) is 10.5. The van der Waals surface area contributed by atoms with E-state index in [-0.39, 0.29) is 6.54 Å². The van der Waals surface area contributed by atoms with Gasteiger partial charge in [0.25, 0.3) is 0 Å². The number of anilines is 1. The van der Waals surface area contributed by atoms with E-state index >= 15 is 0 Å². The lowest BCUT2D eigenvalue weighted by Crippen LogP contribution is -2.35. The summed E-state index contributed by atoms with van der Waals surface area (Å²) >= 11 is 11.8. The minimum atomic E-state index is -0.738. The van der Waals surface area contributed by atoms with Crippen molar-refractivity contribution in [1.82, 2.24) is 5.32 Å². The maximum Gasteiger partial charge on any atom is 0.313 e. The topological polar surface area (TPSA) is 58.2 Å². The number of nitrogens with one attached hydrogen (secondary N) is 2. The summed E-state index contributed by atoms with van der Waals surface area (Å²) in [6.45, 7) is 1.98. The fourth-order valence-electron chi connectivity index (χ4n) is 1.84. The van der Waals surface area contributed by atoms with Crippen molar-refractivity contribution in [3.63, 3.8) is 0 Å². The monoisotopic (exact) mass is 336 g/mol. The third-order valence-electron chi connectivity index (χ3n) is 3.04. The number of amides is 2. The van der Waals surface area contributed by atoms with Crippen molar-refractivity contribution in [2.24, 2.45) is 0 Å². The summed E-state index contributed by atoms with van der Waals surface area (Å²) in [6, 6.07) is 12.1. The highest BCUT2D eigenvalue weighted by Crippen LogP contribution is 2.19. The van der Waals surface area contributed by atoms with Crippen molar-refractivity contribution >= 4 is 40.7 Å². The molecule has 0 fully saturated rings. The van der Waals surface area contributed by atoms with Gasteiger partial charge in [-0.1, -0.05) is 41.4 Å². The molecule has 0 aromatic heterocycles. The lowest BCUT2D eigenvalue weighted by atomic mass is 10.2. The smallest absolute Gasteiger partial charge is 0.313 e. The molecule has 6 heteroatoms. The molecule has 0 radical (unpaired) electrons. The van der Waals surface area contributed by atoms with Crippen LogP contribution in [0.15, 0.2) is 42.5 Å². The molecule has 2 amide bonds. The number of aryl methyl sites for hydroxylation is 1. The van der Waals surface area contributed by atoms with E-state index in [0.29, 0.717) is 15.7 Å². The highest BCUT2D eigenvalue weighted by atomic mass is 35.5. The Balaban J connectivity index is 1.95. The molecular weight excluding hydrogens is 323 g/mol. The molecule has 0 aliphatic rings. The molecule has 0 saturated heterocycles. The standard InChI is InChI=1S/C16H14Cl2N2O2/c1-10-8-12(17)6-7-14(10)20-16(22)15(21)19-9-11-4-2-3-5-13(11)18/h2-8H,9H2,1H3,(H,19,21)(H,20,22). The van der Waals surface area contributed by atoms with Gasteiger partial charge in [0.2, 0.25) is 0 Å². The molecule has 0 saturated carbocycles. The first-order valence-corrected chi connectivity index (χ1v) is 7.31. The van der Waals surface area contributed by atoms with E-state index < -0.39 is 11.8 Å². The van der Waals surface area contributed by atoms with Crippen molar-refractivity contribution in [3.05, 3.63) is 63.6 Å². The van der Waals surface area contributed by atoms with Crippen molar-refractivity contribution in [1.29, 1.82) is 0 Å². The highest BCUT2D eigenvalue weighted by molar-refractivity contribution is 6.39. The van der Waals surface area contributed by atoms with Crippen LogP contribution >= 0.6 is 23.2 Å². The predicted octanol–water partition coefficient (Wildman–Crippen LogP) is 3.56. The third kappa shape index (κ3) is 4.23. The molecule has 0 aliphatic heterocycles. The van der Waals surface area contributed by atoms with Gasteiger partial charge >= 0.3 is 11.8 Å². The van der Waals surface area contributed by atoms with E-state index in [1.54, 1.807) is 43.3 Å². The molecule has 22 heavy (non-hydrogen) atoms. The largest absolute Gasteiger partial charge is 0.344 e. The van der Waals surface area contributed by atoms with E-state index in [0.717, 1.165) is 11.1 Å². The minimum absolute atomic E-state index is 0.186. The second-order valence-electron chi connectivity index (χ2n) is 4.69. The zero-order valence-corrected chi connectivity index (χ0v) is 13.3. The third-order valence-corrected chi connectivity index (χ3v) is 3.64. The maximum atomic E-state index is 11.9.